The van der Waals surface area contributed by atoms with Crippen LogP contribution in [0.25, 0.3) is 0 Å². The smallest absolute Gasteiger partial charge is 0.259 e. The Balaban J connectivity index is 1.38. The minimum atomic E-state index is -1.28. The van der Waals surface area contributed by atoms with E-state index in [9.17, 15) is 4.79 Å². The van der Waals surface area contributed by atoms with Crippen molar-refractivity contribution in [2.45, 2.75) is 29.8 Å². The molecule has 1 saturated heterocycles. The van der Waals surface area contributed by atoms with Crippen LogP contribution in [0, 0.1) is 17.3 Å². The maximum Gasteiger partial charge on any atom is 0.259 e. The van der Waals surface area contributed by atoms with E-state index in [2.05, 4.69) is 78.1 Å². The maximum absolute atomic E-state index is 16.1. The zero-order valence-electron chi connectivity index (χ0n) is 25.4. The Kier molecular flexibility index (Phi) is 5.83. The minimum absolute atomic E-state index is 0.00654. The van der Waals surface area contributed by atoms with Gasteiger partial charge in [-0.1, -0.05) is 152 Å². The third-order valence-electron chi connectivity index (χ3n) is 11.3. The quantitative estimate of drug-likeness (QED) is 0.166. The van der Waals surface area contributed by atoms with Gasteiger partial charge in [0.25, 0.3) is 5.91 Å². The Hall–Kier alpha value is -5.22. The number of carbonyl (C=O) groups excluding carboxylic acids is 2. The number of rotatable bonds is 5. The van der Waals surface area contributed by atoms with Gasteiger partial charge in [0.15, 0.2) is 5.54 Å². The molecular weight excluding hydrogens is 564 g/mol. The number of anilines is 1. The van der Waals surface area contributed by atoms with Gasteiger partial charge in [0.1, 0.15) is 5.54 Å². The summed E-state index contributed by atoms with van der Waals surface area (Å²) in [6.07, 6.45) is 6.22. The van der Waals surface area contributed by atoms with Gasteiger partial charge in [-0.25, -0.2) is 0 Å². The van der Waals surface area contributed by atoms with Gasteiger partial charge in [0, 0.05) is 11.5 Å². The van der Waals surface area contributed by atoms with Crippen molar-refractivity contribution in [3.05, 3.63) is 186 Å². The van der Waals surface area contributed by atoms with E-state index in [4.69, 9.17) is 0 Å². The van der Waals surface area contributed by atoms with Crippen molar-refractivity contribution in [3.63, 3.8) is 0 Å². The summed E-state index contributed by atoms with van der Waals surface area (Å²) in [5.41, 5.74) is 2.63. The van der Waals surface area contributed by atoms with Crippen LogP contribution in [0.3, 0.4) is 0 Å². The Morgan fingerprint density at radius 2 is 1.15 bits per heavy atom. The highest BCUT2D eigenvalue weighted by molar-refractivity contribution is 6.15. The van der Waals surface area contributed by atoms with Gasteiger partial charge in [-0.15, -0.1) is 0 Å². The standard InChI is InChI=1S/C42H34N2O2/c45-38-40(28-29-25-26-34(40)27-29)37(30-15-5-1-6-16-30)41(43-38)35-23-13-14-24-36(35)44(39(41)46)42(31-17-7-2-8-18-31,32-19-9-3-10-20-32)33-21-11-4-12-22-33/h1-26,29,34,37H,27-28H2,(H,43,45)/t29?,34?,37-,40-,41+/m0/s1. The summed E-state index contributed by atoms with van der Waals surface area (Å²) in [6, 6.07) is 49.4. The molecule has 2 amide bonds. The van der Waals surface area contributed by atoms with Crippen LogP contribution >= 0.6 is 0 Å². The lowest BCUT2D eigenvalue weighted by molar-refractivity contribution is -0.130. The van der Waals surface area contributed by atoms with Crippen LogP contribution in [0.1, 0.15) is 46.6 Å². The molecule has 5 aromatic carbocycles. The van der Waals surface area contributed by atoms with E-state index in [1.54, 1.807) is 0 Å². The molecule has 224 valence electrons. The number of nitrogens with zero attached hydrogens (tertiary/aromatic N) is 1. The zero-order chi connectivity index (χ0) is 30.9. The summed E-state index contributed by atoms with van der Waals surface area (Å²) in [6.45, 7) is 0. The monoisotopic (exact) mass is 598 g/mol. The first-order valence-electron chi connectivity index (χ1n) is 16.3. The molecule has 2 unspecified atom stereocenters. The predicted molar refractivity (Wildman–Crippen MR) is 180 cm³/mol. The molecule has 2 aliphatic heterocycles. The molecule has 1 N–H and O–H groups in total. The van der Waals surface area contributed by atoms with Crippen LogP contribution in [-0.4, -0.2) is 11.8 Å². The summed E-state index contributed by atoms with van der Waals surface area (Å²) in [7, 11) is 0. The molecule has 4 aliphatic rings. The summed E-state index contributed by atoms with van der Waals surface area (Å²) in [4.78, 5) is 32.9. The highest BCUT2D eigenvalue weighted by Gasteiger charge is 2.75. The van der Waals surface area contributed by atoms with Crippen molar-refractivity contribution < 1.29 is 9.59 Å². The van der Waals surface area contributed by atoms with Crippen molar-refractivity contribution in [1.29, 1.82) is 0 Å². The van der Waals surface area contributed by atoms with Crippen LogP contribution in [0.4, 0.5) is 5.69 Å². The van der Waals surface area contributed by atoms with Gasteiger partial charge in [-0.3, -0.25) is 14.5 Å². The number of benzene rings is 5. The molecule has 0 aromatic heterocycles. The van der Waals surface area contributed by atoms with Crippen LogP contribution in [0.5, 0.6) is 0 Å². The van der Waals surface area contributed by atoms with Gasteiger partial charge in [-0.2, -0.15) is 0 Å². The van der Waals surface area contributed by atoms with Crippen molar-refractivity contribution >= 4 is 17.5 Å². The van der Waals surface area contributed by atoms with E-state index >= 15 is 4.79 Å². The second-order valence-electron chi connectivity index (χ2n) is 13.3. The fraction of sp³-hybridized carbons (Fsp3) is 0.190. The van der Waals surface area contributed by atoms with E-state index in [1.165, 1.54) is 0 Å². The molecule has 5 atom stereocenters. The first-order valence-corrected chi connectivity index (χ1v) is 16.3. The number of allylic oxidation sites excluding steroid dienone is 2. The molecule has 2 spiro atoms. The molecule has 9 rings (SSSR count). The molecule has 0 radical (unpaired) electrons. The van der Waals surface area contributed by atoms with Crippen LogP contribution in [-0.2, 0) is 20.7 Å². The van der Waals surface area contributed by atoms with E-state index in [-0.39, 0.29) is 23.7 Å². The molecule has 46 heavy (non-hydrogen) atoms. The molecule has 4 nitrogen and oxygen atoms in total. The van der Waals surface area contributed by atoms with Crippen molar-refractivity contribution in [2.75, 3.05) is 4.90 Å². The average molecular weight is 599 g/mol. The second-order valence-corrected chi connectivity index (χ2v) is 13.3. The molecule has 5 aromatic rings. The number of carbonyl (C=O) groups is 2. The van der Waals surface area contributed by atoms with Crippen molar-refractivity contribution in [2.24, 2.45) is 17.3 Å². The Morgan fingerprint density at radius 3 is 1.67 bits per heavy atom. The third kappa shape index (κ3) is 3.34. The van der Waals surface area contributed by atoms with Crippen molar-refractivity contribution in [1.82, 2.24) is 5.32 Å². The van der Waals surface area contributed by atoms with E-state index in [0.717, 1.165) is 46.3 Å². The molecular formula is C42H34N2O2. The summed E-state index contributed by atoms with van der Waals surface area (Å²) < 4.78 is 0. The normalized spacial score (nSPS) is 27.5. The molecule has 1 saturated carbocycles. The topological polar surface area (TPSA) is 49.4 Å². The SMILES string of the molecule is O=C1N(C(c2ccccc2)(c2ccccc2)c2ccccc2)c2ccccc2[C@]12NC(=O)[C@]1(CC3C=CC1C3)[C@@H]2c1ccccc1. The summed E-state index contributed by atoms with van der Waals surface area (Å²) in [5.74, 6) is -0.0634. The number of amides is 2. The fourth-order valence-corrected chi connectivity index (χ4v) is 9.63. The number of nitrogens with one attached hydrogen (secondary N) is 1. The van der Waals surface area contributed by atoms with E-state index in [0.29, 0.717) is 5.92 Å². The van der Waals surface area contributed by atoms with Crippen LogP contribution in [0.2, 0.25) is 0 Å². The van der Waals surface area contributed by atoms with Crippen molar-refractivity contribution in [3.8, 4) is 0 Å². The molecule has 4 heteroatoms. The number of hydrogen-bond donors (Lipinski definition) is 1. The van der Waals surface area contributed by atoms with Crippen LogP contribution in [0.15, 0.2) is 158 Å². The van der Waals surface area contributed by atoms with Gasteiger partial charge in [-0.05, 0) is 53.0 Å². The number of hydrogen-bond acceptors (Lipinski definition) is 2. The second kappa shape index (κ2) is 9.89. The fourth-order valence-electron chi connectivity index (χ4n) is 9.63. The predicted octanol–water partition coefficient (Wildman–Crippen LogP) is 7.72. The minimum Gasteiger partial charge on any atom is -0.337 e. The summed E-state index contributed by atoms with van der Waals surface area (Å²) in [5, 5.41) is 3.49. The summed E-state index contributed by atoms with van der Waals surface area (Å²) >= 11 is 0. The lowest BCUT2D eigenvalue weighted by atomic mass is 9.59. The first kappa shape index (κ1) is 27.1. The maximum atomic E-state index is 16.1. The van der Waals surface area contributed by atoms with E-state index in [1.807, 2.05) is 89.8 Å². The Morgan fingerprint density at radius 1 is 0.630 bits per heavy atom. The lowest BCUT2D eigenvalue weighted by Gasteiger charge is -2.45. The Labute approximate surface area is 269 Å². The first-order chi connectivity index (χ1) is 22.6. The van der Waals surface area contributed by atoms with Gasteiger partial charge in [0.05, 0.1) is 11.1 Å². The molecule has 2 fully saturated rings. The molecule has 2 aliphatic carbocycles. The largest absolute Gasteiger partial charge is 0.337 e. The van der Waals surface area contributed by atoms with E-state index < -0.39 is 16.5 Å². The number of fused-ring (bicyclic) bond motifs is 5. The zero-order valence-corrected chi connectivity index (χ0v) is 25.4. The molecule has 2 heterocycles. The Bertz CT molecular complexity index is 1890. The third-order valence-corrected chi connectivity index (χ3v) is 11.3. The van der Waals surface area contributed by atoms with Gasteiger partial charge in [0.2, 0.25) is 5.91 Å². The highest BCUT2D eigenvalue weighted by atomic mass is 16.2. The van der Waals surface area contributed by atoms with Crippen LogP contribution < -0.4 is 10.2 Å². The highest BCUT2D eigenvalue weighted by Crippen LogP contribution is 2.69. The lowest BCUT2D eigenvalue weighted by Crippen LogP contribution is -2.57. The average Bonchev–Trinajstić information content (AvgIpc) is 3.85. The van der Waals surface area contributed by atoms with Gasteiger partial charge < -0.3 is 5.32 Å². The number of para-hydroxylation sites is 1. The molecule has 2 bridgehead atoms. The van der Waals surface area contributed by atoms with Gasteiger partial charge >= 0.3 is 0 Å².